The first kappa shape index (κ1) is 25.3. The molecule has 0 unspecified atom stereocenters. The van der Waals surface area contributed by atoms with Crippen molar-refractivity contribution >= 4 is 34.3 Å². The van der Waals surface area contributed by atoms with Gasteiger partial charge in [0.1, 0.15) is 5.82 Å². The van der Waals surface area contributed by atoms with E-state index in [0.717, 1.165) is 55.0 Å². The van der Waals surface area contributed by atoms with Crippen LogP contribution in [0.4, 0.5) is 4.39 Å². The SMILES string of the molecule is C/C(=C\n1c2c(c3cc(Cl)ccc31)CN(CCCC1(c3ccc(F)cc3)OCCO1)CC2)c1ccncc1. The number of ether oxygens (including phenoxy) is 2. The third-order valence-corrected chi connectivity index (χ3v) is 7.94. The zero-order chi connectivity index (χ0) is 26.1. The van der Waals surface area contributed by atoms with E-state index in [0.29, 0.717) is 13.2 Å². The smallest absolute Gasteiger partial charge is 0.195 e. The Hall–Kier alpha value is -3.03. The molecule has 5 nitrogen and oxygen atoms in total. The van der Waals surface area contributed by atoms with Crippen LogP contribution in [0.5, 0.6) is 0 Å². The predicted molar refractivity (Wildman–Crippen MR) is 149 cm³/mol. The summed E-state index contributed by atoms with van der Waals surface area (Å²) in [4.78, 5) is 6.65. The maximum atomic E-state index is 13.5. The number of halogens is 2. The first-order chi connectivity index (χ1) is 18.5. The standard InChI is InChI=1S/C31H31ClFN3O2/c1-22(23-9-13-34-14-10-23)20-36-29-8-5-25(32)19-27(29)28-21-35(16-11-30(28)36)15-2-12-31(37-17-18-38-31)24-3-6-26(33)7-4-24/h3-10,13-14,19-20H,2,11-12,15-18,21H2,1H3/b22-20+. The number of rotatable bonds is 7. The lowest BCUT2D eigenvalue weighted by Gasteiger charge is -2.31. The molecule has 0 atom stereocenters. The second-order valence-electron chi connectivity index (χ2n) is 10.1. The van der Waals surface area contributed by atoms with Gasteiger partial charge in [-0.2, -0.15) is 0 Å². The molecule has 0 amide bonds. The molecule has 196 valence electrons. The molecule has 6 rings (SSSR count). The van der Waals surface area contributed by atoms with Crippen LogP contribution in [0.2, 0.25) is 5.02 Å². The fraction of sp³-hybridized carbons (Fsp3) is 0.323. The van der Waals surface area contributed by atoms with Gasteiger partial charge in [-0.3, -0.25) is 9.88 Å². The molecular weight excluding hydrogens is 501 g/mol. The van der Waals surface area contributed by atoms with Crippen molar-refractivity contribution in [1.82, 2.24) is 14.5 Å². The van der Waals surface area contributed by atoms with E-state index in [9.17, 15) is 4.39 Å². The fourth-order valence-corrected chi connectivity index (χ4v) is 5.96. The minimum Gasteiger partial charge on any atom is -0.343 e. The van der Waals surface area contributed by atoms with Gasteiger partial charge < -0.3 is 14.0 Å². The highest BCUT2D eigenvalue weighted by Gasteiger charge is 2.38. The van der Waals surface area contributed by atoms with Crippen LogP contribution in [0.1, 0.15) is 42.1 Å². The Balaban J connectivity index is 1.22. The van der Waals surface area contributed by atoms with Crippen molar-refractivity contribution in [2.45, 2.75) is 38.5 Å². The van der Waals surface area contributed by atoms with Crippen LogP contribution in [0.25, 0.3) is 22.7 Å². The molecule has 1 saturated heterocycles. The number of pyridine rings is 1. The molecule has 1 fully saturated rings. The molecule has 4 aromatic rings. The van der Waals surface area contributed by atoms with Crippen LogP contribution in [-0.2, 0) is 28.2 Å². The highest BCUT2D eigenvalue weighted by atomic mass is 35.5. The fourth-order valence-electron chi connectivity index (χ4n) is 5.79. The van der Waals surface area contributed by atoms with E-state index < -0.39 is 5.79 Å². The van der Waals surface area contributed by atoms with Gasteiger partial charge in [-0.25, -0.2) is 4.39 Å². The number of hydrogen-bond donors (Lipinski definition) is 0. The average Bonchev–Trinajstić information content (AvgIpc) is 3.53. The lowest BCUT2D eigenvalue weighted by Crippen LogP contribution is -2.34. The van der Waals surface area contributed by atoms with E-state index >= 15 is 0 Å². The van der Waals surface area contributed by atoms with Crippen LogP contribution in [0.15, 0.2) is 67.0 Å². The number of hydrogen-bond acceptors (Lipinski definition) is 4. The Morgan fingerprint density at radius 1 is 1.08 bits per heavy atom. The van der Waals surface area contributed by atoms with E-state index in [-0.39, 0.29) is 5.82 Å². The Bertz CT molecular complexity index is 1460. The lowest BCUT2D eigenvalue weighted by molar-refractivity contribution is -0.172. The molecule has 0 saturated carbocycles. The lowest BCUT2D eigenvalue weighted by atomic mass is 9.99. The molecular formula is C31H31ClFN3O2. The van der Waals surface area contributed by atoms with E-state index in [1.165, 1.54) is 39.9 Å². The van der Waals surface area contributed by atoms with Gasteiger partial charge in [0.15, 0.2) is 5.79 Å². The molecule has 2 aromatic heterocycles. The van der Waals surface area contributed by atoms with Crippen LogP contribution in [0.3, 0.4) is 0 Å². The minimum atomic E-state index is -0.784. The van der Waals surface area contributed by atoms with E-state index in [2.05, 4.69) is 39.7 Å². The molecule has 0 aliphatic carbocycles. The van der Waals surface area contributed by atoms with Gasteiger partial charge in [-0.15, -0.1) is 0 Å². The summed E-state index contributed by atoms with van der Waals surface area (Å²) >= 11 is 6.45. The maximum absolute atomic E-state index is 13.5. The van der Waals surface area contributed by atoms with Crippen molar-refractivity contribution in [3.05, 3.63) is 100 Å². The van der Waals surface area contributed by atoms with Gasteiger partial charge in [-0.1, -0.05) is 23.7 Å². The Morgan fingerprint density at radius 2 is 1.84 bits per heavy atom. The summed E-state index contributed by atoms with van der Waals surface area (Å²) in [5.41, 5.74) is 7.09. The number of benzene rings is 2. The van der Waals surface area contributed by atoms with Gasteiger partial charge in [0.2, 0.25) is 0 Å². The molecule has 2 aromatic carbocycles. The Morgan fingerprint density at radius 3 is 2.61 bits per heavy atom. The predicted octanol–water partition coefficient (Wildman–Crippen LogP) is 6.88. The van der Waals surface area contributed by atoms with Crippen molar-refractivity contribution in [2.24, 2.45) is 0 Å². The minimum absolute atomic E-state index is 0.254. The summed E-state index contributed by atoms with van der Waals surface area (Å²) in [7, 11) is 0. The normalized spacial score (nSPS) is 17.7. The van der Waals surface area contributed by atoms with Crippen LogP contribution in [0, 0.1) is 5.82 Å². The number of allylic oxidation sites excluding steroid dienone is 1. The molecule has 0 N–H and O–H groups in total. The van der Waals surface area contributed by atoms with E-state index in [1.807, 2.05) is 30.6 Å². The molecule has 2 aliphatic heterocycles. The summed E-state index contributed by atoms with van der Waals surface area (Å²) < 4.78 is 28.0. The highest BCUT2D eigenvalue weighted by Crippen LogP contribution is 2.37. The topological polar surface area (TPSA) is 39.5 Å². The second kappa shape index (κ2) is 10.6. The van der Waals surface area contributed by atoms with Gasteiger partial charge >= 0.3 is 0 Å². The zero-order valence-corrected chi connectivity index (χ0v) is 22.3. The number of aromatic nitrogens is 2. The van der Waals surface area contributed by atoms with Crippen LogP contribution in [-0.4, -0.2) is 40.8 Å². The van der Waals surface area contributed by atoms with E-state index in [4.69, 9.17) is 21.1 Å². The molecule has 7 heteroatoms. The summed E-state index contributed by atoms with van der Waals surface area (Å²) in [5, 5.41) is 1.96. The highest BCUT2D eigenvalue weighted by molar-refractivity contribution is 6.31. The number of fused-ring (bicyclic) bond motifs is 3. The number of nitrogens with zero attached hydrogens (tertiary/aromatic N) is 3. The summed E-state index contributed by atoms with van der Waals surface area (Å²) in [6, 6.07) is 16.8. The van der Waals surface area contributed by atoms with Gasteiger partial charge in [0, 0.05) is 66.2 Å². The second-order valence-corrected chi connectivity index (χ2v) is 10.5. The molecule has 0 bridgehead atoms. The van der Waals surface area contributed by atoms with Crippen LogP contribution >= 0.6 is 11.6 Å². The quantitative estimate of drug-likeness (QED) is 0.260. The molecule has 0 radical (unpaired) electrons. The van der Waals surface area contributed by atoms with Crippen molar-refractivity contribution in [1.29, 1.82) is 0 Å². The third kappa shape index (κ3) is 4.90. The van der Waals surface area contributed by atoms with Crippen molar-refractivity contribution in [3.8, 4) is 0 Å². The summed E-state index contributed by atoms with van der Waals surface area (Å²) in [6.07, 6.45) is 8.49. The van der Waals surface area contributed by atoms with Crippen molar-refractivity contribution < 1.29 is 13.9 Å². The maximum Gasteiger partial charge on any atom is 0.195 e. The van der Waals surface area contributed by atoms with Crippen molar-refractivity contribution in [3.63, 3.8) is 0 Å². The largest absolute Gasteiger partial charge is 0.343 e. The molecule has 38 heavy (non-hydrogen) atoms. The van der Waals surface area contributed by atoms with Gasteiger partial charge in [0.25, 0.3) is 0 Å². The zero-order valence-electron chi connectivity index (χ0n) is 21.5. The summed E-state index contributed by atoms with van der Waals surface area (Å²) in [6.45, 7) is 6.02. The Labute approximate surface area is 227 Å². The van der Waals surface area contributed by atoms with Gasteiger partial charge in [0.05, 0.1) is 18.7 Å². The van der Waals surface area contributed by atoms with Crippen molar-refractivity contribution in [2.75, 3.05) is 26.3 Å². The van der Waals surface area contributed by atoms with Gasteiger partial charge in [-0.05, 0) is 79.1 Å². The third-order valence-electron chi connectivity index (χ3n) is 7.71. The van der Waals surface area contributed by atoms with E-state index in [1.54, 1.807) is 12.1 Å². The molecule has 2 aliphatic rings. The Kier molecular flexibility index (Phi) is 7.06. The summed E-state index contributed by atoms with van der Waals surface area (Å²) in [5.74, 6) is -1.04. The molecule has 4 heterocycles. The average molecular weight is 532 g/mol. The first-order valence-electron chi connectivity index (χ1n) is 13.2. The monoisotopic (exact) mass is 531 g/mol. The molecule has 0 spiro atoms. The van der Waals surface area contributed by atoms with Crippen LogP contribution < -0.4 is 0 Å². The first-order valence-corrected chi connectivity index (χ1v) is 13.6.